The van der Waals surface area contributed by atoms with Gasteiger partial charge in [0.25, 0.3) is 11.5 Å². The topological polar surface area (TPSA) is 69.3 Å². The molecule has 1 aromatic heterocycles. The van der Waals surface area contributed by atoms with Crippen molar-refractivity contribution >= 4 is 46.1 Å². The van der Waals surface area contributed by atoms with Crippen molar-refractivity contribution in [3.8, 4) is 6.07 Å². The van der Waals surface area contributed by atoms with E-state index in [4.69, 9.17) is 12.2 Å². The molecule has 2 fully saturated rings. The lowest BCUT2D eigenvalue weighted by Crippen LogP contribution is -2.40. The van der Waals surface area contributed by atoms with E-state index >= 15 is 0 Å². The van der Waals surface area contributed by atoms with Crippen molar-refractivity contribution in [2.45, 2.75) is 47.1 Å². The van der Waals surface area contributed by atoms with Gasteiger partial charge in [-0.2, -0.15) is 5.26 Å². The lowest BCUT2D eigenvalue weighted by molar-refractivity contribution is -0.121. The quantitative estimate of drug-likeness (QED) is 0.538. The van der Waals surface area contributed by atoms with Gasteiger partial charge in [-0.25, -0.2) is 0 Å². The van der Waals surface area contributed by atoms with Gasteiger partial charge in [0, 0.05) is 31.7 Å². The molecule has 8 heteroatoms. The van der Waals surface area contributed by atoms with E-state index in [2.05, 4.69) is 17.9 Å². The molecule has 0 bridgehead atoms. The third-order valence-corrected chi connectivity index (χ3v) is 6.96. The zero-order valence-corrected chi connectivity index (χ0v) is 19.0. The van der Waals surface area contributed by atoms with E-state index in [1.165, 1.54) is 11.8 Å². The summed E-state index contributed by atoms with van der Waals surface area (Å²) in [5.74, 6) is 1.21. The highest BCUT2D eigenvalue weighted by atomic mass is 32.2. The Hall–Kier alpha value is -2.11. The van der Waals surface area contributed by atoms with Crippen LogP contribution in [-0.2, 0) is 11.3 Å². The maximum Gasteiger partial charge on any atom is 0.270 e. The van der Waals surface area contributed by atoms with Crippen molar-refractivity contribution in [1.29, 1.82) is 5.26 Å². The van der Waals surface area contributed by atoms with Gasteiger partial charge < -0.3 is 4.90 Å². The summed E-state index contributed by atoms with van der Waals surface area (Å²) in [4.78, 5) is 30.1. The van der Waals surface area contributed by atoms with Gasteiger partial charge in [0.05, 0.1) is 4.91 Å². The number of pyridine rings is 1. The lowest BCUT2D eigenvalue weighted by atomic mass is 9.98. The molecular formula is C21H26N4O2S2. The van der Waals surface area contributed by atoms with E-state index in [9.17, 15) is 14.9 Å². The molecule has 0 saturated carbocycles. The van der Waals surface area contributed by atoms with E-state index < -0.39 is 0 Å². The molecule has 0 aliphatic carbocycles. The molecule has 29 heavy (non-hydrogen) atoms. The summed E-state index contributed by atoms with van der Waals surface area (Å²) in [7, 11) is 0. The molecule has 2 saturated heterocycles. The number of nitrogens with zero attached hydrogens (tertiary/aromatic N) is 4. The van der Waals surface area contributed by atoms with Crippen LogP contribution >= 0.6 is 24.0 Å². The van der Waals surface area contributed by atoms with Crippen LogP contribution < -0.4 is 10.5 Å². The van der Waals surface area contributed by atoms with E-state index in [1.807, 2.05) is 19.9 Å². The SMILES string of the molecule is CCN1C(=O)/C(=C\c2c(C)c(C#N)c(=O)n(CC)c2N2CCCC(C)C2)SC1=S. The number of hydrogen-bond acceptors (Lipinski definition) is 6. The Kier molecular flexibility index (Phi) is 6.49. The number of aromatic nitrogens is 1. The van der Waals surface area contributed by atoms with Crippen LogP contribution in [0.2, 0.25) is 0 Å². The number of piperidine rings is 1. The third kappa shape index (κ3) is 3.86. The number of carbonyl (C=O) groups is 1. The van der Waals surface area contributed by atoms with Crippen molar-refractivity contribution < 1.29 is 4.79 Å². The number of nitriles is 1. The van der Waals surface area contributed by atoms with Gasteiger partial charge in [0.15, 0.2) is 0 Å². The molecule has 3 heterocycles. The molecule has 1 unspecified atom stereocenters. The second-order valence-corrected chi connectivity index (χ2v) is 9.19. The van der Waals surface area contributed by atoms with Crippen LogP contribution in [0.15, 0.2) is 9.70 Å². The summed E-state index contributed by atoms with van der Waals surface area (Å²) in [5, 5.41) is 9.62. The fraction of sp³-hybridized carbons (Fsp3) is 0.524. The third-order valence-electron chi connectivity index (χ3n) is 5.58. The van der Waals surface area contributed by atoms with Crippen molar-refractivity contribution in [2.75, 3.05) is 24.5 Å². The van der Waals surface area contributed by atoms with Gasteiger partial charge >= 0.3 is 0 Å². The Balaban J connectivity index is 2.26. The van der Waals surface area contributed by atoms with Crippen LogP contribution in [0.25, 0.3) is 6.08 Å². The normalized spacial score (nSPS) is 21.2. The molecule has 0 aromatic carbocycles. The van der Waals surface area contributed by atoms with Crippen LogP contribution in [0, 0.1) is 24.2 Å². The van der Waals surface area contributed by atoms with Crippen molar-refractivity contribution in [3.05, 3.63) is 31.9 Å². The smallest absolute Gasteiger partial charge is 0.270 e. The second-order valence-electron chi connectivity index (χ2n) is 7.52. The first-order valence-electron chi connectivity index (χ1n) is 10.0. The van der Waals surface area contributed by atoms with E-state index in [-0.39, 0.29) is 17.0 Å². The molecule has 2 aliphatic rings. The maximum absolute atomic E-state index is 13.0. The largest absolute Gasteiger partial charge is 0.357 e. The van der Waals surface area contributed by atoms with Crippen LogP contribution in [0.5, 0.6) is 0 Å². The minimum Gasteiger partial charge on any atom is -0.357 e. The molecule has 1 aromatic rings. The molecule has 3 rings (SSSR count). The number of likely N-dealkylation sites (N-methyl/N-ethyl adjacent to an activating group) is 1. The summed E-state index contributed by atoms with van der Waals surface area (Å²) < 4.78 is 2.22. The van der Waals surface area contributed by atoms with Gasteiger partial charge in [0.1, 0.15) is 21.8 Å². The highest BCUT2D eigenvalue weighted by molar-refractivity contribution is 8.26. The molecule has 1 amide bonds. The molecule has 1 atom stereocenters. The first-order chi connectivity index (χ1) is 13.8. The summed E-state index contributed by atoms with van der Waals surface area (Å²) in [6, 6.07) is 2.07. The van der Waals surface area contributed by atoms with Gasteiger partial charge in [-0.05, 0) is 51.2 Å². The Morgan fingerprint density at radius 2 is 2.03 bits per heavy atom. The predicted octanol–water partition coefficient (Wildman–Crippen LogP) is 3.51. The highest BCUT2D eigenvalue weighted by Crippen LogP contribution is 2.36. The van der Waals surface area contributed by atoms with Crippen molar-refractivity contribution in [2.24, 2.45) is 5.92 Å². The zero-order valence-electron chi connectivity index (χ0n) is 17.3. The molecule has 6 nitrogen and oxygen atoms in total. The molecule has 2 aliphatic heterocycles. The van der Waals surface area contributed by atoms with E-state index in [0.29, 0.717) is 33.8 Å². The molecular weight excluding hydrogens is 404 g/mol. The predicted molar refractivity (Wildman–Crippen MR) is 122 cm³/mol. The van der Waals surface area contributed by atoms with Gasteiger partial charge in [-0.15, -0.1) is 0 Å². The number of hydrogen-bond donors (Lipinski definition) is 0. The van der Waals surface area contributed by atoms with Crippen LogP contribution in [0.3, 0.4) is 0 Å². The average molecular weight is 431 g/mol. The van der Waals surface area contributed by atoms with Gasteiger partial charge in [0.2, 0.25) is 0 Å². The minimum atomic E-state index is -0.265. The van der Waals surface area contributed by atoms with E-state index in [0.717, 1.165) is 37.3 Å². The summed E-state index contributed by atoms with van der Waals surface area (Å²) >= 11 is 6.62. The Morgan fingerprint density at radius 3 is 2.59 bits per heavy atom. The van der Waals surface area contributed by atoms with Gasteiger partial charge in [-0.3, -0.25) is 19.1 Å². The number of anilines is 1. The molecule has 0 radical (unpaired) electrons. The fourth-order valence-corrected chi connectivity index (χ4v) is 5.43. The monoisotopic (exact) mass is 430 g/mol. The summed E-state index contributed by atoms with van der Waals surface area (Å²) in [6.45, 7) is 10.5. The second kappa shape index (κ2) is 8.72. The van der Waals surface area contributed by atoms with Crippen LogP contribution in [-0.4, -0.2) is 39.3 Å². The standard InChI is InChI=1S/C21H26N4O2S2/c1-5-24-18(23-9-7-8-13(3)12-23)15(14(4)16(11-22)19(24)26)10-17-20(27)25(6-2)21(28)29-17/h10,13H,5-9,12H2,1-4H3/b17-10+. The summed E-state index contributed by atoms with van der Waals surface area (Å²) in [6.07, 6.45) is 4.04. The Morgan fingerprint density at radius 1 is 1.31 bits per heavy atom. The van der Waals surface area contributed by atoms with Crippen LogP contribution in [0.1, 0.15) is 50.3 Å². The minimum absolute atomic E-state index is 0.118. The number of thioether (sulfide) groups is 1. The lowest BCUT2D eigenvalue weighted by Gasteiger charge is -2.35. The number of thiocarbonyl (C=S) groups is 1. The number of rotatable bonds is 4. The van der Waals surface area contributed by atoms with Crippen LogP contribution in [0.4, 0.5) is 5.82 Å². The maximum atomic E-state index is 13.0. The van der Waals surface area contributed by atoms with Crippen molar-refractivity contribution in [3.63, 3.8) is 0 Å². The summed E-state index contributed by atoms with van der Waals surface area (Å²) in [5.41, 5.74) is 1.27. The van der Waals surface area contributed by atoms with Crippen molar-refractivity contribution in [1.82, 2.24) is 9.47 Å². The Bertz CT molecular complexity index is 990. The molecule has 154 valence electrons. The zero-order chi connectivity index (χ0) is 21.3. The first kappa shape index (κ1) is 21.6. The molecule has 0 N–H and O–H groups in total. The average Bonchev–Trinajstić information content (AvgIpc) is 2.96. The van der Waals surface area contributed by atoms with E-state index in [1.54, 1.807) is 16.4 Å². The number of carbonyl (C=O) groups excluding carboxylic acids is 1. The Labute approximate surface area is 181 Å². The number of amides is 1. The molecule has 0 spiro atoms. The fourth-order valence-electron chi connectivity index (χ4n) is 4.06. The highest BCUT2D eigenvalue weighted by Gasteiger charge is 2.32. The first-order valence-corrected chi connectivity index (χ1v) is 11.2. The van der Waals surface area contributed by atoms with Gasteiger partial charge in [-0.1, -0.05) is 30.9 Å².